The van der Waals surface area contributed by atoms with Crippen molar-refractivity contribution in [3.8, 4) is 0 Å². The van der Waals surface area contributed by atoms with Crippen LogP contribution in [0.5, 0.6) is 0 Å². The zero-order valence-corrected chi connectivity index (χ0v) is 7.57. The molecule has 0 N–H and O–H groups in total. The third kappa shape index (κ3) is 3.14. The first-order chi connectivity index (χ1) is 4.18. The molecule has 56 valence electrons. The average molecular weight is 151 g/mol. The molecule has 1 atom stereocenters. The first-order valence-electron chi connectivity index (χ1n) is 3.24. The van der Waals surface area contributed by atoms with Crippen LogP contribution >= 0.6 is 7.72 Å². The molecule has 0 amide bonds. The van der Waals surface area contributed by atoms with Crippen LogP contribution in [-0.4, -0.2) is 26.5 Å². The minimum Gasteiger partial charge on any atom is -0.210 e. The van der Waals surface area contributed by atoms with Gasteiger partial charge in [0, 0.05) is 0 Å². The highest BCUT2D eigenvalue weighted by Gasteiger charge is 2.30. The summed E-state index contributed by atoms with van der Waals surface area (Å²) in [6.45, 7) is 6.89. The Morgan fingerprint density at radius 1 is 1.33 bits per heavy atom. The third-order valence-electron chi connectivity index (χ3n) is 1.36. The second-order valence-electron chi connectivity index (χ2n) is 1.93. The summed E-state index contributed by atoms with van der Waals surface area (Å²) in [7, 11) is 0.284. The van der Waals surface area contributed by atoms with E-state index in [9.17, 15) is 0 Å². The average Bonchev–Trinajstić information content (AvgIpc) is 1.89. The number of hydrogen-bond donors (Lipinski definition) is 0. The first-order valence-corrected chi connectivity index (χ1v) is 5.50. The molecule has 0 saturated heterocycles. The van der Waals surface area contributed by atoms with Gasteiger partial charge in [-0.25, -0.2) is 9.05 Å². The summed E-state index contributed by atoms with van der Waals surface area (Å²) in [6.07, 6.45) is 0.997. The lowest BCUT2D eigenvalue weighted by atomic mass is 10.9. The van der Waals surface area contributed by atoms with E-state index < -0.39 is 7.72 Å². The van der Waals surface area contributed by atoms with E-state index in [0.717, 1.165) is 12.8 Å². The Bertz CT molecular complexity index is 71.5. The van der Waals surface area contributed by atoms with Crippen LogP contribution in [0, 0.1) is 0 Å². The van der Waals surface area contributed by atoms with Crippen LogP contribution < -0.4 is 0 Å². The second kappa shape index (κ2) is 4.21. The van der Waals surface area contributed by atoms with Gasteiger partial charge in [0.15, 0.2) is 0 Å². The van der Waals surface area contributed by atoms with Crippen molar-refractivity contribution < 1.29 is 9.05 Å². The quantitative estimate of drug-likeness (QED) is 0.573. The number of rotatable bonds is 4. The molecule has 0 aromatic rings. The fourth-order valence-electron chi connectivity index (χ4n) is 0.546. The van der Waals surface area contributed by atoms with Crippen molar-refractivity contribution in [2.24, 2.45) is 0 Å². The van der Waals surface area contributed by atoms with E-state index in [1.807, 2.05) is 6.92 Å². The Morgan fingerprint density at radius 2 is 1.89 bits per heavy atom. The Hall–Kier alpha value is 0.350. The molecular formula is C6H16O2P+. The smallest absolute Gasteiger partial charge is 0.210 e. The first kappa shape index (κ1) is 9.35. The van der Waals surface area contributed by atoms with Gasteiger partial charge in [0.2, 0.25) is 0 Å². The maximum absolute atomic E-state index is 5.42. The molecule has 0 aromatic heterocycles. The third-order valence-corrected chi connectivity index (χ3v) is 4.09. The van der Waals surface area contributed by atoms with Crippen LogP contribution in [-0.2, 0) is 9.05 Å². The van der Waals surface area contributed by atoms with Gasteiger partial charge >= 0.3 is 0 Å². The van der Waals surface area contributed by atoms with Crippen molar-refractivity contribution in [3.63, 3.8) is 0 Å². The maximum atomic E-state index is 5.42. The predicted octanol–water partition coefficient (Wildman–Crippen LogP) is 2.17. The Morgan fingerprint density at radius 3 is 2.00 bits per heavy atom. The largest absolute Gasteiger partial charge is 0.271 e. The summed E-state index contributed by atoms with van der Waals surface area (Å²) >= 11 is 0. The lowest BCUT2D eigenvalue weighted by Crippen LogP contribution is -2.00. The molecule has 0 aromatic carbocycles. The molecule has 0 aliphatic rings. The molecule has 0 radical (unpaired) electrons. The molecule has 9 heavy (non-hydrogen) atoms. The van der Waals surface area contributed by atoms with E-state index >= 15 is 0 Å². The summed E-state index contributed by atoms with van der Waals surface area (Å²) < 4.78 is 10.6. The molecule has 0 aliphatic carbocycles. The zero-order valence-electron chi connectivity index (χ0n) is 6.68. The summed E-state index contributed by atoms with van der Waals surface area (Å²) in [4.78, 5) is 0. The summed E-state index contributed by atoms with van der Waals surface area (Å²) in [6, 6.07) is 0. The molecular weight excluding hydrogens is 135 g/mol. The Kier molecular flexibility index (Phi) is 4.37. The molecule has 0 spiro atoms. The van der Waals surface area contributed by atoms with E-state index in [-0.39, 0.29) is 0 Å². The van der Waals surface area contributed by atoms with Gasteiger partial charge in [0.25, 0.3) is 7.72 Å². The maximum Gasteiger partial charge on any atom is 0.271 e. The fraction of sp³-hybridized carbons (Fsp3) is 1.00. The summed E-state index contributed by atoms with van der Waals surface area (Å²) in [5, 5.41) is 0. The molecule has 2 nitrogen and oxygen atoms in total. The van der Waals surface area contributed by atoms with Crippen molar-refractivity contribution in [1.29, 1.82) is 0 Å². The fourth-order valence-corrected chi connectivity index (χ4v) is 1.64. The van der Waals surface area contributed by atoms with Gasteiger partial charge < -0.3 is 0 Å². The SMILES string of the molecule is CCO[P+](C)(CC)OC. The Labute approximate surface area is 58.0 Å². The van der Waals surface area contributed by atoms with Gasteiger partial charge in [0.1, 0.15) is 12.8 Å². The van der Waals surface area contributed by atoms with E-state index in [0.29, 0.717) is 0 Å². The predicted molar refractivity (Wildman–Crippen MR) is 42.0 cm³/mol. The highest BCUT2D eigenvalue weighted by atomic mass is 31.2. The number of hydrogen-bond acceptors (Lipinski definition) is 2. The highest BCUT2D eigenvalue weighted by Crippen LogP contribution is 2.55. The highest BCUT2D eigenvalue weighted by molar-refractivity contribution is 7.65. The van der Waals surface area contributed by atoms with Gasteiger partial charge in [-0.3, -0.25) is 0 Å². The van der Waals surface area contributed by atoms with Crippen LogP contribution in [0.2, 0.25) is 0 Å². The van der Waals surface area contributed by atoms with Gasteiger partial charge in [-0.2, -0.15) is 0 Å². The molecule has 0 rings (SSSR count). The summed E-state index contributed by atoms with van der Waals surface area (Å²) in [5.41, 5.74) is 0. The lowest BCUT2D eigenvalue weighted by molar-refractivity contribution is 0.282. The summed E-state index contributed by atoms with van der Waals surface area (Å²) in [5.74, 6) is 0. The van der Waals surface area contributed by atoms with E-state index in [4.69, 9.17) is 9.05 Å². The molecule has 0 fully saturated rings. The van der Waals surface area contributed by atoms with Crippen LogP contribution in [0.1, 0.15) is 13.8 Å². The lowest BCUT2D eigenvalue weighted by Gasteiger charge is -2.14. The zero-order chi connectivity index (χ0) is 7.33. The second-order valence-corrected chi connectivity index (χ2v) is 5.21. The molecule has 0 saturated carbocycles. The van der Waals surface area contributed by atoms with E-state index in [2.05, 4.69) is 13.6 Å². The van der Waals surface area contributed by atoms with Crippen LogP contribution in [0.4, 0.5) is 0 Å². The van der Waals surface area contributed by atoms with Gasteiger partial charge in [-0.05, 0) is 13.8 Å². The van der Waals surface area contributed by atoms with Crippen molar-refractivity contribution in [3.05, 3.63) is 0 Å². The van der Waals surface area contributed by atoms with E-state index in [1.165, 1.54) is 0 Å². The van der Waals surface area contributed by atoms with Gasteiger partial charge in [-0.1, -0.05) is 0 Å². The molecule has 0 bridgehead atoms. The van der Waals surface area contributed by atoms with Crippen LogP contribution in [0.3, 0.4) is 0 Å². The molecule has 1 unspecified atom stereocenters. The molecule has 0 aliphatic heterocycles. The monoisotopic (exact) mass is 151 g/mol. The topological polar surface area (TPSA) is 18.5 Å². The van der Waals surface area contributed by atoms with Crippen molar-refractivity contribution in [2.45, 2.75) is 13.8 Å². The van der Waals surface area contributed by atoms with Gasteiger partial charge in [0.05, 0.1) is 13.7 Å². The van der Waals surface area contributed by atoms with Crippen LogP contribution in [0.25, 0.3) is 0 Å². The van der Waals surface area contributed by atoms with Gasteiger partial charge in [-0.15, -0.1) is 0 Å². The Balaban J connectivity index is 3.62. The standard InChI is InChI=1S/C6H16O2P/c1-5-8-9(4,6-2)7-3/h5-6H2,1-4H3/q+1. The van der Waals surface area contributed by atoms with Crippen molar-refractivity contribution in [2.75, 3.05) is 26.5 Å². The van der Waals surface area contributed by atoms with Crippen LogP contribution in [0.15, 0.2) is 0 Å². The van der Waals surface area contributed by atoms with Crippen molar-refractivity contribution in [1.82, 2.24) is 0 Å². The normalized spacial score (nSPS) is 17.3. The molecule has 0 heterocycles. The minimum atomic E-state index is -1.43. The molecule has 3 heteroatoms. The van der Waals surface area contributed by atoms with Crippen molar-refractivity contribution >= 4 is 7.72 Å². The minimum absolute atomic E-state index is 0.756. The van der Waals surface area contributed by atoms with E-state index in [1.54, 1.807) is 7.11 Å².